The molecule has 1 saturated heterocycles. The number of methoxy groups -OCH3 is 1. The summed E-state index contributed by atoms with van der Waals surface area (Å²) in [5.41, 5.74) is 1.19. The van der Waals surface area contributed by atoms with Crippen LogP contribution in [-0.4, -0.2) is 31.5 Å². The van der Waals surface area contributed by atoms with Crippen molar-refractivity contribution in [2.24, 2.45) is 0 Å². The number of carbonyl (C=O) groups excluding carboxylic acids is 1. The minimum absolute atomic E-state index is 0.184. The molecular formula is C19H20ClNO3S. The summed E-state index contributed by atoms with van der Waals surface area (Å²) in [6.45, 7) is 0.835. The van der Waals surface area contributed by atoms with Crippen LogP contribution in [0.2, 0.25) is 5.02 Å². The molecule has 1 N–H and O–H groups in total. The zero-order valence-electron chi connectivity index (χ0n) is 14.0. The number of benzene rings is 2. The fourth-order valence-electron chi connectivity index (χ4n) is 2.71. The molecule has 6 heteroatoms. The number of hydrogen-bond donors (Lipinski definition) is 1. The topological polar surface area (TPSA) is 47.6 Å². The maximum Gasteiger partial charge on any atom is 0.256 e. The van der Waals surface area contributed by atoms with E-state index in [2.05, 4.69) is 5.32 Å². The highest BCUT2D eigenvalue weighted by molar-refractivity contribution is 7.99. The molecule has 2 aromatic rings. The number of halogens is 1. The van der Waals surface area contributed by atoms with Gasteiger partial charge in [0.2, 0.25) is 0 Å². The van der Waals surface area contributed by atoms with Crippen LogP contribution >= 0.6 is 23.4 Å². The number of thioether (sulfide) groups is 1. The molecular weight excluding hydrogens is 358 g/mol. The first kappa shape index (κ1) is 18.1. The first-order valence-electron chi connectivity index (χ1n) is 8.15. The molecule has 1 heterocycles. The third-order valence-electron chi connectivity index (χ3n) is 3.99. The minimum Gasteiger partial charge on any atom is -0.495 e. The van der Waals surface area contributed by atoms with E-state index in [0.717, 1.165) is 30.1 Å². The maximum absolute atomic E-state index is 12.8. The second-order valence-corrected chi connectivity index (χ2v) is 7.24. The van der Waals surface area contributed by atoms with Gasteiger partial charge in [-0.15, -0.1) is 11.8 Å². The number of nitrogens with one attached hydrogen (secondary N) is 1. The number of rotatable bonds is 6. The highest BCUT2D eigenvalue weighted by Gasteiger charge is 2.18. The zero-order valence-corrected chi connectivity index (χ0v) is 15.5. The third-order valence-corrected chi connectivity index (χ3v) is 5.43. The molecule has 0 bridgehead atoms. The summed E-state index contributed by atoms with van der Waals surface area (Å²) in [6, 6.07) is 12.7. The van der Waals surface area contributed by atoms with Gasteiger partial charge in [0, 0.05) is 22.3 Å². The standard InChI is InChI=1S/C19H20ClNO3S/c1-23-17-9-8-13(20)11-16(17)21-19(22)15-6-2-3-7-18(15)25-12-14-5-4-10-24-14/h2-3,6-9,11,14H,4-5,10,12H2,1H3,(H,21,22). The molecule has 1 fully saturated rings. The van der Waals surface area contributed by atoms with E-state index in [-0.39, 0.29) is 12.0 Å². The van der Waals surface area contributed by atoms with E-state index in [1.165, 1.54) is 0 Å². The molecule has 1 amide bonds. The van der Waals surface area contributed by atoms with Gasteiger partial charge in [-0.25, -0.2) is 0 Å². The van der Waals surface area contributed by atoms with Gasteiger partial charge in [-0.05, 0) is 43.2 Å². The summed E-state index contributed by atoms with van der Waals surface area (Å²) < 4.78 is 10.9. The number of amides is 1. The quantitative estimate of drug-likeness (QED) is 0.729. The molecule has 1 unspecified atom stereocenters. The lowest BCUT2D eigenvalue weighted by Crippen LogP contribution is -2.14. The summed E-state index contributed by atoms with van der Waals surface area (Å²) in [6.07, 6.45) is 2.47. The largest absolute Gasteiger partial charge is 0.495 e. The SMILES string of the molecule is COc1ccc(Cl)cc1NC(=O)c1ccccc1SCC1CCCO1. The Bertz CT molecular complexity index is 747. The zero-order chi connectivity index (χ0) is 17.6. The minimum atomic E-state index is -0.184. The number of hydrogen-bond acceptors (Lipinski definition) is 4. The lowest BCUT2D eigenvalue weighted by Gasteiger charge is -2.14. The van der Waals surface area contributed by atoms with E-state index in [1.54, 1.807) is 37.1 Å². The van der Waals surface area contributed by atoms with E-state index < -0.39 is 0 Å². The molecule has 0 aromatic heterocycles. The maximum atomic E-state index is 12.8. The predicted molar refractivity (Wildman–Crippen MR) is 102 cm³/mol. The van der Waals surface area contributed by atoms with Gasteiger partial charge in [-0.3, -0.25) is 4.79 Å². The average Bonchev–Trinajstić information content (AvgIpc) is 3.14. The van der Waals surface area contributed by atoms with Gasteiger partial charge in [-0.1, -0.05) is 23.7 Å². The summed E-state index contributed by atoms with van der Waals surface area (Å²) in [5, 5.41) is 3.43. The van der Waals surface area contributed by atoms with Gasteiger partial charge in [-0.2, -0.15) is 0 Å². The van der Waals surface area contributed by atoms with Crippen LogP contribution < -0.4 is 10.1 Å². The Hall–Kier alpha value is -1.69. The molecule has 1 aliphatic rings. The van der Waals surface area contributed by atoms with Crippen molar-refractivity contribution < 1.29 is 14.3 Å². The Labute approximate surface area is 156 Å². The molecule has 2 aromatic carbocycles. The first-order chi connectivity index (χ1) is 12.2. The van der Waals surface area contributed by atoms with Crippen LogP contribution in [0.15, 0.2) is 47.4 Å². The van der Waals surface area contributed by atoms with Crippen LogP contribution in [0.4, 0.5) is 5.69 Å². The molecule has 4 nitrogen and oxygen atoms in total. The van der Waals surface area contributed by atoms with Gasteiger partial charge in [0.05, 0.1) is 24.5 Å². The Morgan fingerprint density at radius 3 is 2.96 bits per heavy atom. The fourth-order valence-corrected chi connectivity index (χ4v) is 4.00. The van der Waals surface area contributed by atoms with E-state index in [9.17, 15) is 4.79 Å². The third kappa shape index (κ3) is 4.69. The van der Waals surface area contributed by atoms with E-state index in [0.29, 0.717) is 22.0 Å². The van der Waals surface area contributed by atoms with Crippen molar-refractivity contribution in [1.29, 1.82) is 0 Å². The second-order valence-electron chi connectivity index (χ2n) is 5.74. The van der Waals surface area contributed by atoms with Gasteiger partial charge < -0.3 is 14.8 Å². The van der Waals surface area contributed by atoms with Crippen LogP contribution in [0.3, 0.4) is 0 Å². The van der Waals surface area contributed by atoms with Gasteiger partial charge in [0.25, 0.3) is 5.91 Å². The average molecular weight is 378 g/mol. The van der Waals surface area contributed by atoms with Gasteiger partial charge in [0.1, 0.15) is 5.75 Å². The lowest BCUT2D eigenvalue weighted by molar-refractivity contribution is 0.102. The van der Waals surface area contributed by atoms with Crippen molar-refractivity contribution in [2.45, 2.75) is 23.8 Å². The van der Waals surface area contributed by atoms with Crippen molar-refractivity contribution in [2.75, 3.05) is 24.8 Å². The molecule has 25 heavy (non-hydrogen) atoms. The van der Waals surface area contributed by atoms with Crippen molar-refractivity contribution >= 4 is 35.0 Å². The normalized spacial score (nSPS) is 16.6. The Balaban J connectivity index is 1.74. The van der Waals surface area contributed by atoms with Crippen LogP contribution in [0.1, 0.15) is 23.2 Å². The van der Waals surface area contributed by atoms with Gasteiger partial charge >= 0.3 is 0 Å². The van der Waals surface area contributed by atoms with Crippen molar-refractivity contribution in [3.05, 3.63) is 53.1 Å². The molecule has 0 aliphatic carbocycles. The number of carbonyl (C=O) groups is 1. The highest BCUT2D eigenvalue weighted by atomic mass is 35.5. The number of ether oxygens (including phenoxy) is 2. The monoisotopic (exact) mass is 377 g/mol. The summed E-state index contributed by atoms with van der Waals surface area (Å²) in [7, 11) is 1.56. The van der Waals surface area contributed by atoms with Crippen molar-refractivity contribution in [3.8, 4) is 5.75 Å². The number of anilines is 1. The molecule has 0 spiro atoms. The lowest BCUT2D eigenvalue weighted by atomic mass is 10.2. The first-order valence-corrected chi connectivity index (χ1v) is 9.52. The van der Waals surface area contributed by atoms with Crippen molar-refractivity contribution in [3.63, 3.8) is 0 Å². The van der Waals surface area contributed by atoms with Gasteiger partial charge in [0.15, 0.2) is 0 Å². The second kappa shape index (κ2) is 8.61. The van der Waals surface area contributed by atoms with Crippen LogP contribution in [0, 0.1) is 0 Å². The molecule has 1 aliphatic heterocycles. The molecule has 3 rings (SSSR count). The summed E-state index contributed by atoms with van der Waals surface area (Å²) >= 11 is 7.69. The van der Waals surface area contributed by atoms with Crippen LogP contribution in [0.25, 0.3) is 0 Å². The highest BCUT2D eigenvalue weighted by Crippen LogP contribution is 2.30. The van der Waals surface area contributed by atoms with E-state index >= 15 is 0 Å². The molecule has 132 valence electrons. The summed E-state index contributed by atoms with van der Waals surface area (Å²) in [4.78, 5) is 13.7. The smallest absolute Gasteiger partial charge is 0.256 e. The van der Waals surface area contributed by atoms with Crippen LogP contribution in [0.5, 0.6) is 5.75 Å². The summed E-state index contributed by atoms with van der Waals surface area (Å²) in [5.74, 6) is 1.24. The Morgan fingerprint density at radius 2 is 2.20 bits per heavy atom. The predicted octanol–water partition coefficient (Wildman–Crippen LogP) is 4.87. The van der Waals surface area contributed by atoms with E-state index in [1.807, 2.05) is 24.3 Å². The molecule has 0 saturated carbocycles. The molecule has 1 atom stereocenters. The van der Waals surface area contributed by atoms with Crippen LogP contribution in [-0.2, 0) is 4.74 Å². The fraction of sp³-hybridized carbons (Fsp3) is 0.316. The Kier molecular flexibility index (Phi) is 6.24. The molecule has 0 radical (unpaired) electrons. The van der Waals surface area contributed by atoms with E-state index in [4.69, 9.17) is 21.1 Å². The Morgan fingerprint density at radius 1 is 1.36 bits per heavy atom. The van der Waals surface area contributed by atoms with Crippen molar-refractivity contribution in [1.82, 2.24) is 0 Å².